The summed E-state index contributed by atoms with van der Waals surface area (Å²) in [5.74, 6) is -0.452. The molecule has 118 valence electrons. The fourth-order valence-corrected chi connectivity index (χ4v) is 3.34. The maximum Gasteiger partial charge on any atom is 0.269 e. The molecule has 0 unspecified atom stereocenters. The average Bonchev–Trinajstić information content (AvgIpc) is 3.04. The van der Waals surface area contributed by atoms with Crippen LogP contribution in [0.2, 0.25) is 0 Å². The summed E-state index contributed by atoms with van der Waals surface area (Å²) < 4.78 is 0. The van der Waals surface area contributed by atoms with Crippen LogP contribution < -0.4 is 10.9 Å². The number of hydrogen-bond acceptors (Lipinski definition) is 5. The molecular formula is C14H17N3O4S. The fourth-order valence-electron chi connectivity index (χ4n) is 2.22. The molecule has 0 radical (unpaired) electrons. The summed E-state index contributed by atoms with van der Waals surface area (Å²) in [6.07, 6.45) is 4.73. The minimum atomic E-state index is -0.538. The van der Waals surface area contributed by atoms with Gasteiger partial charge in [0.2, 0.25) is 5.91 Å². The normalized spacial score (nSPS) is 14.5. The number of non-ortho nitro benzene ring substituents is 1. The van der Waals surface area contributed by atoms with Gasteiger partial charge in [-0.2, -0.15) is 0 Å². The molecule has 2 N–H and O–H groups in total. The van der Waals surface area contributed by atoms with Crippen LogP contribution in [-0.2, 0) is 4.79 Å². The molecule has 0 aliphatic heterocycles. The third-order valence-corrected chi connectivity index (χ3v) is 4.78. The Balaban J connectivity index is 1.74. The van der Waals surface area contributed by atoms with Crippen molar-refractivity contribution in [2.45, 2.75) is 30.9 Å². The molecule has 0 saturated heterocycles. The quantitative estimate of drug-likeness (QED) is 0.638. The summed E-state index contributed by atoms with van der Waals surface area (Å²) in [5, 5.41) is 11.1. The van der Waals surface area contributed by atoms with Gasteiger partial charge in [0.05, 0.1) is 10.7 Å². The Labute approximate surface area is 132 Å². The van der Waals surface area contributed by atoms with E-state index in [2.05, 4.69) is 10.9 Å². The first kappa shape index (κ1) is 16.3. The smallest absolute Gasteiger partial charge is 0.269 e. The predicted molar refractivity (Wildman–Crippen MR) is 83.4 cm³/mol. The van der Waals surface area contributed by atoms with Gasteiger partial charge in [-0.15, -0.1) is 11.8 Å². The second-order valence-corrected chi connectivity index (χ2v) is 6.31. The third kappa shape index (κ3) is 4.73. The number of nitrogens with zero attached hydrogens (tertiary/aromatic N) is 1. The summed E-state index contributed by atoms with van der Waals surface area (Å²) in [6, 6.07) is 5.17. The number of thioether (sulfide) groups is 1. The van der Waals surface area contributed by atoms with E-state index in [9.17, 15) is 19.7 Å². The van der Waals surface area contributed by atoms with Crippen molar-refractivity contribution in [2.75, 3.05) is 5.75 Å². The molecular weight excluding hydrogens is 306 g/mol. The van der Waals surface area contributed by atoms with Crippen molar-refractivity contribution in [3.8, 4) is 0 Å². The van der Waals surface area contributed by atoms with E-state index in [0.717, 1.165) is 12.8 Å². The first-order chi connectivity index (χ1) is 10.6. The molecule has 2 rings (SSSR count). The maximum absolute atomic E-state index is 11.8. The van der Waals surface area contributed by atoms with Crippen molar-refractivity contribution in [1.82, 2.24) is 10.9 Å². The maximum atomic E-state index is 11.8. The Morgan fingerprint density at radius 1 is 1.18 bits per heavy atom. The van der Waals surface area contributed by atoms with Crippen molar-refractivity contribution >= 4 is 29.3 Å². The van der Waals surface area contributed by atoms with Crippen LogP contribution in [0.25, 0.3) is 0 Å². The van der Waals surface area contributed by atoms with Gasteiger partial charge >= 0.3 is 0 Å². The summed E-state index contributed by atoms with van der Waals surface area (Å²) >= 11 is 1.61. The van der Waals surface area contributed by atoms with Gasteiger partial charge in [-0.1, -0.05) is 12.8 Å². The molecule has 0 aromatic heterocycles. The number of hydrazine groups is 1. The molecule has 1 aliphatic rings. The van der Waals surface area contributed by atoms with E-state index in [0.29, 0.717) is 11.0 Å². The molecule has 0 spiro atoms. The number of nitro groups is 1. The number of nitro benzene ring substituents is 1. The van der Waals surface area contributed by atoms with E-state index >= 15 is 0 Å². The Hall–Kier alpha value is -2.09. The van der Waals surface area contributed by atoms with Gasteiger partial charge in [-0.3, -0.25) is 30.6 Å². The Morgan fingerprint density at radius 2 is 1.82 bits per heavy atom. The van der Waals surface area contributed by atoms with Crippen molar-refractivity contribution in [1.29, 1.82) is 0 Å². The van der Waals surface area contributed by atoms with Crippen LogP contribution in [0.1, 0.15) is 36.0 Å². The van der Waals surface area contributed by atoms with Crippen molar-refractivity contribution in [2.24, 2.45) is 0 Å². The lowest BCUT2D eigenvalue weighted by Crippen LogP contribution is -2.42. The Bertz CT molecular complexity index is 556. The van der Waals surface area contributed by atoms with E-state index in [1.165, 1.54) is 37.1 Å². The van der Waals surface area contributed by atoms with Crippen LogP contribution in [0.5, 0.6) is 0 Å². The number of rotatable bonds is 5. The minimum Gasteiger partial charge on any atom is -0.272 e. The highest BCUT2D eigenvalue weighted by atomic mass is 32.2. The molecule has 1 aromatic rings. The lowest BCUT2D eigenvalue weighted by Gasteiger charge is -2.10. The number of carbonyl (C=O) groups excluding carboxylic acids is 2. The zero-order valence-corrected chi connectivity index (χ0v) is 12.7. The SMILES string of the molecule is O=C(CSC1CCCC1)NNC(=O)c1ccc([N+](=O)[O-])cc1. The molecule has 0 bridgehead atoms. The Morgan fingerprint density at radius 3 is 2.41 bits per heavy atom. The summed E-state index contributed by atoms with van der Waals surface area (Å²) in [7, 11) is 0. The third-order valence-electron chi connectivity index (χ3n) is 3.41. The van der Waals surface area contributed by atoms with Crippen LogP contribution >= 0.6 is 11.8 Å². The summed E-state index contributed by atoms with van der Waals surface area (Å²) in [4.78, 5) is 33.4. The molecule has 2 amide bonds. The second-order valence-electron chi connectivity index (χ2n) is 5.02. The van der Waals surface area contributed by atoms with E-state index < -0.39 is 10.8 Å². The number of benzene rings is 1. The zero-order chi connectivity index (χ0) is 15.9. The van der Waals surface area contributed by atoms with Crippen LogP contribution in [0.4, 0.5) is 5.69 Å². The van der Waals surface area contributed by atoms with Crippen molar-refractivity contribution in [3.63, 3.8) is 0 Å². The minimum absolute atomic E-state index is 0.0893. The van der Waals surface area contributed by atoms with Gasteiger partial charge in [0.15, 0.2) is 0 Å². The largest absolute Gasteiger partial charge is 0.272 e. The molecule has 8 heteroatoms. The lowest BCUT2D eigenvalue weighted by molar-refractivity contribution is -0.384. The molecule has 1 fully saturated rings. The standard InChI is InChI=1S/C14H17N3O4S/c18-13(9-22-12-3-1-2-4-12)15-16-14(19)10-5-7-11(8-6-10)17(20)21/h5-8,12H,1-4,9H2,(H,15,18)(H,16,19). The molecule has 7 nitrogen and oxygen atoms in total. The first-order valence-electron chi connectivity index (χ1n) is 7.01. The fraction of sp³-hybridized carbons (Fsp3) is 0.429. The van der Waals surface area contributed by atoms with Crippen LogP contribution in [0.3, 0.4) is 0 Å². The van der Waals surface area contributed by atoms with E-state index in [1.54, 1.807) is 11.8 Å². The number of nitrogens with one attached hydrogen (secondary N) is 2. The second kappa shape index (κ2) is 7.79. The van der Waals surface area contributed by atoms with Gasteiger partial charge in [0.1, 0.15) is 0 Å². The van der Waals surface area contributed by atoms with E-state index in [1.807, 2.05) is 0 Å². The van der Waals surface area contributed by atoms with Gasteiger partial charge in [-0.05, 0) is 25.0 Å². The topological polar surface area (TPSA) is 101 Å². The van der Waals surface area contributed by atoms with E-state index in [4.69, 9.17) is 0 Å². The average molecular weight is 323 g/mol. The van der Waals surface area contributed by atoms with Crippen molar-refractivity contribution in [3.05, 3.63) is 39.9 Å². The Kier molecular flexibility index (Phi) is 5.76. The van der Waals surface area contributed by atoms with Crippen LogP contribution in [0, 0.1) is 10.1 Å². The first-order valence-corrected chi connectivity index (χ1v) is 8.06. The molecule has 0 heterocycles. The van der Waals surface area contributed by atoms with Crippen LogP contribution in [-0.4, -0.2) is 27.7 Å². The van der Waals surface area contributed by atoms with E-state index in [-0.39, 0.29) is 17.2 Å². The summed E-state index contributed by atoms with van der Waals surface area (Å²) in [6.45, 7) is 0. The zero-order valence-electron chi connectivity index (χ0n) is 11.9. The number of hydrogen-bond donors (Lipinski definition) is 2. The highest BCUT2D eigenvalue weighted by Gasteiger charge is 2.17. The van der Waals surface area contributed by atoms with Gasteiger partial charge < -0.3 is 0 Å². The van der Waals surface area contributed by atoms with Gasteiger partial charge in [0.25, 0.3) is 11.6 Å². The molecule has 22 heavy (non-hydrogen) atoms. The molecule has 1 aliphatic carbocycles. The van der Waals surface area contributed by atoms with Crippen molar-refractivity contribution < 1.29 is 14.5 Å². The monoisotopic (exact) mass is 323 g/mol. The molecule has 0 atom stereocenters. The predicted octanol–water partition coefficient (Wildman–Crippen LogP) is 2.03. The number of carbonyl (C=O) groups is 2. The van der Waals surface area contributed by atoms with Crippen LogP contribution in [0.15, 0.2) is 24.3 Å². The van der Waals surface area contributed by atoms with Gasteiger partial charge in [-0.25, -0.2) is 0 Å². The van der Waals surface area contributed by atoms with Gasteiger partial charge in [0, 0.05) is 22.9 Å². The number of amides is 2. The highest BCUT2D eigenvalue weighted by molar-refractivity contribution is 8.00. The summed E-state index contributed by atoms with van der Waals surface area (Å²) in [5.41, 5.74) is 4.81. The molecule has 1 saturated carbocycles. The lowest BCUT2D eigenvalue weighted by atomic mass is 10.2. The highest BCUT2D eigenvalue weighted by Crippen LogP contribution is 2.28. The molecule has 1 aromatic carbocycles.